The van der Waals surface area contributed by atoms with E-state index in [1.54, 1.807) is 6.92 Å². The Balaban J connectivity index is 1.68. The molecule has 1 saturated heterocycles. The van der Waals surface area contributed by atoms with E-state index in [9.17, 15) is 14.6 Å². The normalized spacial score (nSPS) is 24.4. The largest absolute Gasteiger partial charge is 0.387 e. The number of aliphatic hydroxyl groups is 2. The van der Waals surface area contributed by atoms with Crippen LogP contribution in [-0.4, -0.2) is 61.3 Å². The number of hydrogen-bond donors (Lipinski definition) is 3. The maximum Gasteiger partial charge on any atom is 0.168 e. The molecule has 2 aromatic heterocycles. The van der Waals surface area contributed by atoms with Crippen LogP contribution >= 0.6 is 0 Å². The third-order valence-corrected chi connectivity index (χ3v) is 4.60. The Morgan fingerprint density at radius 3 is 2.66 bits per heavy atom. The van der Waals surface area contributed by atoms with Crippen molar-refractivity contribution in [1.29, 1.82) is 0 Å². The highest BCUT2D eigenvalue weighted by Crippen LogP contribution is 2.33. The van der Waals surface area contributed by atoms with E-state index in [1.165, 1.54) is 35.2 Å². The van der Waals surface area contributed by atoms with Crippen LogP contribution in [0, 0.1) is 5.82 Å². The van der Waals surface area contributed by atoms with E-state index in [2.05, 4.69) is 15.0 Å². The molecule has 11 heteroatoms. The van der Waals surface area contributed by atoms with E-state index in [-0.39, 0.29) is 24.1 Å². The van der Waals surface area contributed by atoms with Crippen LogP contribution in [0.1, 0.15) is 13.2 Å². The number of benzene rings is 1. The Morgan fingerprint density at radius 2 is 1.93 bits per heavy atom. The molecule has 1 fully saturated rings. The number of anilines is 1. The molecule has 0 spiro atoms. The minimum Gasteiger partial charge on any atom is -0.387 e. The zero-order valence-electron chi connectivity index (χ0n) is 15.5. The lowest BCUT2D eigenvalue weighted by Gasteiger charge is -2.16. The van der Waals surface area contributed by atoms with Gasteiger partial charge in [-0.2, -0.15) is 0 Å². The first-order valence-electron chi connectivity index (χ1n) is 9.01. The number of aliphatic hydroxyl groups excluding tert-OH is 2. The average Bonchev–Trinajstić information content (AvgIpc) is 3.25. The Morgan fingerprint density at radius 1 is 1.17 bits per heavy atom. The smallest absolute Gasteiger partial charge is 0.168 e. The van der Waals surface area contributed by atoms with E-state index in [4.69, 9.17) is 20.2 Å². The van der Waals surface area contributed by atoms with Crippen molar-refractivity contribution < 1.29 is 29.1 Å². The van der Waals surface area contributed by atoms with Crippen LogP contribution in [0.25, 0.3) is 22.6 Å². The van der Waals surface area contributed by atoms with Crippen LogP contribution in [0.4, 0.5) is 10.2 Å². The van der Waals surface area contributed by atoms with Crippen LogP contribution < -0.4 is 5.73 Å². The fourth-order valence-corrected chi connectivity index (χ4v) is 3.15. The monoisotopic (exact) mass is 405 g/mol. The van der Waals surface area contributed by atoms with E-state index in [0.29, 0.717) is 23.3 Å². The van der Waals surface area contributed by atoms with Crippen molar-refractivity contribution in [1.82, 2.24) is 19.5 Å². The fraction of sp³-hybridized carbons (Fsp3) is 0.389. The molecule has 0 radical (unpaired) electrons. The summed E-state index contributed by atoms with van der Waals surface area (Å²) in [6.45, 7) is 2.03. The summed E-state index contributed by atoms with van der Waals surface area (Å²) in [5.41, 5.74) is 7.20. The lowest BCUT2D eigenvalue weighted by atomic mass is 10.1. The van der Waals surface area contributed by atoms with Gasteiger partial charge in [-0.1, -0.05) is 0 Å². The SMILES string of the molecule is CCOOC[C@H]1O[C@@H](n2cnc3c(N)nc(-c4ccc(F)cc4)nc32)[C@H](O)[C@@H]1O. The van der Waals surface area contributed by atoms with Crippen molar-refractivity contribution in [2.45, 2.75) is 31.5 Å². The second-order valence-electron chi connectivity index (χ2n) is 6.50. The summed E-state index contributed by atoms with van der Waals surface area (Å²) in [5, 5.41) is 20.7. The summed E-state index contributed by atoms with van der Waals surface area (Å²) >= 11 is 0. The second-order valence-corrected chi connectivity index (χ2v) is 6.50. The number of hydrogen-bond acceptors (Lipinski definition) is 9. The molecule has 3 aromatic rings. The summed E-state index contributed by atoms with van der Waals surface area (Å²) < 4.78 is 20.4. The maximum absolute atomic E-state index is 13.2. The molecule has 0 bridgehead atoms. The van der Waals surface area contributed by atoms with Gasteiger partial charge >= 0.3 is 0 Å². The van der Waals surface area contributed by atoms with Gasteiger partial charge in [-0.05, 0) is 31.2 Å². The highest BCUT2D eigenvalue weighted by Gasteiger charge is 2.44. The first kappa shape index (κ1) is 19.6. The minimum absolute atomic E-state index is 0.0624. The number of ether oxygens (including phenoxy) is 1. The van der Waals surface area contributed by atoms with Gasteiger partial charge in [-0.25, -0.2) is 29.1 Å². The predicted molar refractivity (Wildman–Crippen MR) is 98.6 cm³/mol. The van der Waals surface area contributed by atoms with Crippen molar-refractivity contribution in [3.05, 3.63) is 36.4 Å². The van der Waals surface area contributed by atoms with Crippen molar-refractivity contribution in [3.63, 3.8) is 0 Å². The summed E-state index contributed by atoms with van der Waals surface area (Å²) in [6.07, 6.45) is -2.84. The van der Waals surface area contributed by atoms with Crippen LogP contribution in [0.5, 0.6) is 0 Å². The molecule has 0 unspecified atom stereocenters. The lowest BCUT2D eigenvalue weighted by Crippen LogP contribution is -2.33. The van der Waals surface area contributed by atoms with E-state index in [0.717, 1.165) is 0 Å². The zero-order valence-corrected chi connectivity index (χ0v) is 15.5. The molecule has 10 nitrogen and oxygen atoms in total. The number of imidazole rings is 1. The highest BCUT2D eigenvalue weighted by molar-refractivity contribution is 5.83. The maximum atomic E-state index is 13.2. The van der Waals surface area contributed by atoms with Crippen LogP contribution in [0.15, 0.2) is 30.6 Å². The summed E-state index contributed by atoms with van der Waals surface area (Å²) in [5.74, 6) is 0.00275. The highest BCUT2D eigenvalue weighted by atomic mass is 19.1. The van der Waals surface area contributed by atoms with E-state index in [1.807, 2.05) is 0 Å². The predicted octanol–water partition coefficient (Wildman–Crippen LogP) is 0.802. The van der Waals surface area contributed by atoms with E-state index >= 15 is 0 Å². The second kappa shape index (κ2) is 7.97. The summed E-state index contributed by atoms with van der Waals surface area (Å²) in [7, 11) is 0. The standard InChI is InChI=1S/C18H20FN5O5/c1-2-27-28-7-11-13(25)14(26)18(29-11)24-8-21-12-15(20)22-16(23-17(12)24)9-3-5-10(19)6-4-9/h3-6,8,11,13-14,18,25-26H,2,7H2,1H3,(H2,20,22,23)/t11-,13-,14-,18-/m1/s1. The number of aromatic nitrogens is 4. The topological polar surface area (TPSA) is 138 Å². The fourth-order valence-electron chi connectivity index (χ4n) is 3.15. The number of nitrogen functional groups attached to an aromatic ring is 1. The summed E-state index contributed by atoms with van der Waals surface area (Å²) in [6, 6.07) is 5.64. The molecule has 0 amide bonds. The van der Waals surface area contributed by atoms with Crippen LogP contribution in [-0.2, 0) is 14.5 Å². The third-order valence-electron chi connectivity index (χ3n) is 4.60. The molecule has 1 aromatic carbocycles. The number of nitrogens with zero attached hydrogens (tertiary/aromatic N) is 4. The molecule has 4 rings (SSSR count). The van der Waals surface area contributed by atoms with Gasteiger partial charge in [0, 0.05) is 5.56 Å². The Bertz CT molecular complexity index is 998. The zero-order chi connectivity index (χ0) is 20.5. The van der Waals surface area contributed by atoms with Gasteiger partial charge in [0.1, 0.15) is 36.3 Å². The van der Waals surface area contributed by atoms with Crippen molar-refractivity contribution in [3.8, 4) is 11.4 Å². The number of nitrogens with two attached hydrogens (primary N) is 1. The molecule has 0 aliphatic carbocycles. The van der Waals surface area contributed by atoms with Gasteiger partial charge in [0.2, 0.25) is 0 Å². The lowest BCUT2D eigenvalue weighted by molar-refractivity contribution is -0.306. The molecule has 3 heterocycles. The molecule has 0 saturated carbocycles. The quantitative estimate of drug-likeness (QED) is 0.309. The van der Waals surface area contributed by atoms with Gasteiger partial charge in [0.15, 0.2) is 23.5 Å². The van der Waals surface area contributed by atoms with Gasteiger partial charge in [0.25, 0.3) is 0 Å². The van der Waals surface area contributed by atoms with Crippen molar-refractivity contribution in [2.24, 2.45) is 0 Å². The molecule has 29 heavy (non-hydrogen) atoms. The van der Waals surface area contributed by atoms with Gasteiger partial charge in [-0.3, -0.25) is 4.57 Å². The molecule has 4 N–H and O–H groups in total. The molecule has 1 aliphatic rings. The Kier molecular flexibility index (Phi) is 5.39. The first-order chi connectivity index (χ1) is 14.0. The van der Waals surface area contributed by atoms with Crippen LogP contribution in [0.2, 0.25) is 0 Å². The van der Waals surface area contributed by atoms with E-state index < -0.39 is 24.5 Å². The molecule has 154 valence electrons. The van der Waals surface area contributed by atoms with Crippen molar-refractivity contribution in [2.75, 3.05) is 18.9 Å². The Hall–Kier alpha value is -2.70. The first-order valence-corrected chi connectivity index (χ1v) is 9.01. The molecule has 1 aliphatic heterocycles. The van der Waals surface area contributed by atoms with Crippen molar-refractivity contribution >= 4 is 17.0 Å². The van der Waals surface area contributed by atoms with Gasteiger partial charge in [0.05, 0.1) is 12.9 Å². The molecule has 4 atom stereocenters. The number of halogens is 1. The molecular weight excluding hydrogens is 385 g/mol. The third kappa shape index (κ3) is 3.66. The van der Waals surface area contributed by atoms with Gasteiger partial charge in [-0.15, -0.1) is 0 Å². The average molecular weight is 405 g/mol. The van der Waals surface area contributed by atoms with Crippen LogP contribution in [0.3, 0.4) is 0 Å². The van der Waals surface area contributed by atoms with Gasteiger partial charge < -0.3 is 20.7 Å². The minimum atomic E-state index is -1.26. The Labute approximate surface area is 164 Å². The summed E-state index contributed by atoms with van der Waals surface area (Å²) in [4.78, 5) is 22.6. The molecular formula is C18H20FN5O5. The number of fused-ring (bicyclic) bond motifs is 1. The number of rotatable bonds is 6.